The van der Waals surface area contributed by atoms with E-state index in [1.54, 1.807) is 19.2 Å². The van der Waals surface area contributed by atoms with E-state index in [2.05, 4.69) is 16.8 Å². The van der Waals surface area contributed by atoms with Gasteiger partial charge in [-0.15, -0.1) is 0 Å². The van der Waals surface area contributed by atoms with Crippen LogP contribution in [0.15, 0.2) is 36.4 Å². The number of nitrogens with one attached hydrogen (secondary N) is 1. The summed E-state index contributed by atoms with van der Waals surface area (Å²) in [5.74, 6) is 0.822. The van der Waals surface area contributed by atoms with Crippen LogP contribution in [-0.4, -0.2) is 39.7 Å². The maximum absolute atomic E-state index is 11.9. The number of hydrogen-bond donors (Lipinski definition) is 3. The molecule has 6 nitrogen and oxygen atoms in total. The van der Waals surface area contributed by atoms with E-state index in [4.69, 9.17) is 4.98 Å². The van der Waals surface area contributed by atoms with Crippen molar-refractivity contribution in [2.75, 3.05) is 7.05 Å². The minimum atomic E-state index is -1.48. The van der Waals surface area contributed by atoms with Crippen LogP contribution in [0, 0.1) is 0 Å². The summed E-state index contributed by atoms with van der Waals surface area (Å²) in [6.45, 7) is 2.70. The summed E-state index contributed by atoms with van der Waals surface area (Å²) >= 11 is 0. The number of carbonyl (C=O) groups excluding carboxylic acids is 1. The van der Waals surface area contributed by atoms with Gasteiger partial charge in [0.2, 0.25) is 0 Å². The summed E-state index contributed by atoms with van der Waals surface area (Å²) in [7, 11) is 0.137. The van der Waals surface area contributed by atoms with Crippen molar-refractivity contribution in [2.24, 2.45) is 0 Å². The second-order valence-corrected chi connectivity index (χ2v) is 6.39. The van der Waals surface area contributed by atoms with E-state index in [1.165, 1.54) is 0 Å². The number of benzene rings is 2. The van der Waals surface area contributed by atoms with Crippen LogP contribution in [0.2, 0.25) is 0 Å². The molecule has 2 aromatic carbocycles. The average molecular weight is 335 g/mol. The molecule has 0 fully saturated rings. The predicted molar refractivity (Wildman–Crippen MR) is 96.0 cm³/mol. The zero-order valence-electron chi connectivity index (χ0n) is 14.0. The Morgan fingerprint density at radius 1 is 1.28 bits per heavy atom. The highest BCUT2D eigenvalue weighted by Crippen LogP contribution is 2.34. The first-order valence-corrected chi connectivity index (χ1v) is 8.20. The first-order valence-electron chi connectivity index (χ1n) is 8.20. The number of nitrogens with zero attached hydrogens (tertiary/aromatic N) is 2. The third-order valence-corrected chi connectivity index (χ3v) is 4.92. The SMILES string of the molecule is CNC(=O)c1ccc2nc3n(c2c1)Cc1ccc(B(O)O)cc1C3C. The Balaban J connectivity index is 1.86. The first-order chi connectivity index (χ1) is 12.0. The van der Waals surface area contributed by atoms with Crippen molar-refractivity contribution >= 4 is 29.5 Å². The molecule has 3 N–H and O–H groups in total. The summed E-state index contributed by atoms with van der Waals surface area (Å²) in [6.07, 6.45) is 0. The third kappa shape index (κ3) is 2.43. The van der Waals surface area contributed by atoms with Crippen LogP contribution in [0.3, 0.4) is 0 Å². The van der Waals surface area contributed by atoms with Crippen LogP contribution >= 0.6 is 0 Å². The van der Waals surface area contributed by atoms with Crippen LogP contribution in [0.1, 0.15) is 40.2 Å². The molecule has 1 amide bonds. The normalized spacial score (nSPS) is 15.6. The molecular formula is C18H18BN3O3. The maximum atomic E-state index is 11.9. The number of aromatic nitrogens is 2. The number of amides is 1. The van der Waals surface area contributed by atoms with Gasteiger partial charge in [0.15, 0.2) is 0 Å². The predicted octanol–water partition coefficient (Wildman–Crippen LogP) is 0.589. The monoisotopic (exact) mass is 335 g/mol. The van der Waals surface area contributed by atoms with E-state index in [0.29, 0.717) is 17.6 Å². The van der Waals surface area contributed by atoms with Crippen molar-refractivity contribution in [1.82, 2.24) is 14.9 Å². The zero-order chi connectivity index (χ0) is 17.7. The van der Waals surface area contributed by atoms with Gasteiger partial charge in [-0.05, 0) is 34.8 Å². The molecule has 1 aliphatic heterocycles. The fourth-order valence-corrected chi connectivity index (χ4v) is 3.55. The summed E-state index contributed by atoms with van der Waals surface area (Å²) < 4.78 is 2.13. The van der Waals surface area contributed by atoms with E-state index >= 15 is 0 Å². The van der Waals surface area contributed by atoms with Crippen molar-refractivity contribution in [2.45, 2.75) is 19.4 Å². The number of rotatable bonds is 2. The molecule has 0 saturated heterocycles. The molecule has 0 radical (unpaired) electrons. The van der Waals surface area contributed by atoms with Gasteiger partial charge in [-0.25, -0.2) is 4.98 Å². The Morgan fingerprint density at radius 3 is 2.80 bits per heavy atom. The fourth-order valence-electron chi connectivity index (χ4n) is 3.55. The van der Waals surface area contributed by atoms with Crippen LogP contribution in [0.5, 0.6) is 0 Å². The number of fused-ring (bicyclic) bond motifs is 4. The van der Waals surface area contributed by atoms with E-state index in [9.17, 15) is 14.8 Å². The number of carbonyl (C=O) groups is 1. The molecule has 3 aromatic rings. The summed E-state index contributed by atoms with van der Waals surface area (Å²) in [5, 5.41) is 21.5. The van der Waals surface area contributed by atoms with E-state index < -0.39 is 7.12 Å². The van der Waals surface area contributed by atoms with Gasteiger partial charge in [0.05, 0.1) is 11.0 Å². The summed E-state index contributed by atoms with van der Waals surface area (Å²) in [4.78, 5) is 16.7. The van der Waals surface area contributed by atoms with Gasteiger partial charge < -0.3 is 19.9 Å². The van der Waals surface area contributed by atoms with Crippen LogP contribution < -0.4 is 10.8 Å². The quantitative estimate of drug-likeness (QED) is 0.598. The Kier molecular flexibility index (Phi) is 3.63. The van der Waals surface area contributed by atoms with Gasteiger partial charge in [0, 0.05) is 25.1 Å². The van der Waals surface area contributed by atoms with Crippen LogP contribution in [0.25, 0.3) is 11.0 Å². The highest BCUT2D eigenvalue weighted by Gasteiger charge is 2.27. The second kappa shape index (κ2) is 5.72. The van der Waals surface area contributed by atoms with Gasteiger partial charge in [-0.1, -0.05) is 25.1 Å². The highest BCUT2D eigenvalue weighted by molar-refractivity contribution is 6.58. The molecule has 0 saturated carbocycles. The second-order valence-electron chi connectivity index (χ2n) is 6.39. The van der Waals surface area contributed by atoms with Gasteiger partial charge >= 0.3 is 7.12 Å². The molecule has 25 heavy (non-hydrogen) atoms. The molecule has 4 rings (SSSR count). The van der Waals surface area contributed by atoms with Gasteiger partial charge in [-0.3, -0.25) is 4.79 Å². The zero-order valence-corrected chi connectivity index (χ0v) is 14.0. The van der Waals surface area contributed by atoms with Crippen molar-refractivity contribution < 1.29 is 14.8 Å². The molecule has 2 heterocycles. The molecule has 0 spiro atoms. The third-order valence-electron chi connectivity index (χ3n) is 4.92. The largest absolute Gasteiger partial charge is 0.488 e. The number of imidazole rings is 1. The van der Waals surface area contributed by atoms with Crippen molar-refractivity contribution in [3.8, 4) is 0 Å². The lowest BCUT2D eigenvalue weighted by atomic mass is 9.77. The Bertz CT molecular complexity index is 997. The maximum Gasteiger partial charge on any atom is 0.488 e. The molecule has 1 atom stereocenters. The van der Waals surface area contributed by atoms with Crippen molar-refractivity contribution in [3.05, 3.63) is 58.9 Å². The Morgan fingerprint density at radius 2 is 2.08 bits per heavy atom. The summed E-state index contributed by atoms with van der Waals surface area (Å²) in [6, 6.07) is 11.0. The standard InChI is InChI=1S/C18H18BN3O3/c1-10-14-8-13(19(24)25)5-3-12(14)9-22-16-7-11(18(23)20-2)4-6-15(16)21-17(10)22/h3-8,10,24-25H,9H2,1-2H3,(H,20,23). The highest BCUT2D eigenvalue weighted by atomic mass is 16.4. The van der Waals surface area contributed by atoms with Gasteiger partial charge in [0.25, 0.3) is 5.91 Å². The fraction of sp³-hybridized carbons (Fsp3) is 0.222. The molecular weight excluding hydrogens is 317 g/mol. The Labute approximate surface area is 145 Å². The minimum Gasteiger partial charge on any atom is -0.423 e. The molecule has 0 bridgehead atoms. The molecule has 1 unspecified atom stereocenters. The molecule has 0 aliphatic carbocycles. The Hall–Kier alpha value is -2.64. The minimum absolute atomic E-state index is 0.0262. The van der Waals surface area contributed by atoms with Gasteiger partial charge in [-0.2, -0.15) is 0 Å². The molecule has 7 heteroatoms. The first kappa shape index (κ1) is 15.9. The lowest BCUT2D eigenvalue weighted by molar-refractivity contribution is 0.0963. The van der Waals surface area contributed by atoms with Crippen LogP contribution in [-0.2, 0) is 6.54 Å². The van der Waals surface area contributed by atoms with Crippen molar-refractivity contribution in [3.63, 3.8) is 0 Å². The van der Waals surface area contributed by atoms with Crippen molar-refractivity contribution in [1.29, 1.82) is 0 Å². The topological polar surface area (TPSA) is 87.4 Å². The van der Waals surface area contributed by atoms with Crippen LogP contribution in [0.4, 0.5) is 0 Å². The lowest BCUT2D eigenvalue weighted by Gasteiger charge is -2.25. The smallest absolute Gasteiger partial charge is 0.423 e. The lowest BCUT2D eigenvalue weighted by Crippen LogP contribution is -2.31. The van der Waals surface area contributed by atoms with E-state index in [-0.39, 0.29) is 11.8 Å². The molecule has 126 valence electrons. The van der Waals surface area contributed by atoms with Gasteiger partial charge in [0.1, 0.15) is 5.82 Å². The molecule has 1 aromatic heterocycles. The van der Waals surface area contributed by atoms with E-state index in [0.717, 1.165) is 28.0 Å². The average Bonchev–Trinajstić information content (AvgIpc) is 2.99. The molecule has 1 aliphatic rings. The van der Waals surface area contributed by atoms with E-state index in [1.807, 2.05) is 24.3 Å². The number of hydrogen-bond acceptors (Lipinski definition) is 4. The summed E-state index contributed by atoms with van der Waals surface area (Å²) in [5.41, 5.74) is 5.05.